The van der Waals surface area contributed by atoms with Gasteiger partial charge < -0.3 is 5.73 Å². The van der Waals surface area contributed by atoms with E-state index < -0.39 is 0 Å². The van der Waals surface area contributed by atoms with Crippen LogP contribution >= 0.6 is 0 Å². The molecule has 0 saturated heterocycles. The summed E-state index contributed by atoms with van der Waals surface area (Å²) in [7, 11) is 0. The fraction of sp³-hybridized carbons (Fsp3) is 0.688. The zero-order valence-corrected chi connectivity index (χ0v) is 11.2. The number of nitrogens with two attached hydrogens (primary N) is 1. The summed E-state index contributed by atoms with van der Waals surface area (Å²) in [6.07, 6.45) is 10.8. The number of halogens is 1. The summed E-state index contributed by atoms with van der Waals surface area (Å²) in [4.78, 5) is 3.84. The summed E-state index contributed by atoms with van der Waals surface area (Å²) in [6.45, 7) is 0. The largest absolute Gasteiger partial charge is 0.323 e. The fourth-order valence-electron chi connectivity index (χ4n) is 5.53. The summed E-state index contributed by atoms with van der Waals surface area (Å²) in [6, 6.07) is 1.63. The van der Waals surface area contributed by atoms with Gasteiger partial charge in [-0.1, -0.05) is 0 Å². The average molecular weight is 260 g/mol. The van der Waals surface area contributed by atoms with Crippen LogP contribution < -0.4 is 5.73 Å². The van der Waals surface area contributed by atoms with Gasteiger partial charge in [-0.2, -0.15) is 0 Å². The van der Waals surface area contributed by atoms with E-state index in [1.54, 1.807) is 12.3 Å². The molecule has 1 aromatic rings. The molecule has 1 aromatic heterocycles. The van der Waals surface area contributed by atoms with Gasteiger partial charge in [0, 0.05) is 17.8 Å². The van der Waals surface area contributed by atoms with Gasteiger partial charge in [-0.15, -0.1) is 0 Å². The van der Waals surface area contributed by atoms with Crippen LogP contribution in [0.2, 0.25) is 0 Å². The van der Waals surface area contributed by atoms with Gasteiger partial charge in [-0.3, -0.25) is 4.98 Å². The van der Waals surface area contributed by atoms with Crippen molar-refractivity contribution in [1.82, 2.24) is 4.98 Å². The third-order valence-corrected chi connectivity index (χ3v) is 5.88. The second-order valence-electron chi connectivity index (χ2n) is 7.15. The summed E-state index contributed by atoms with van der Waals surface area (Å²) >= 11 is 0. The van der Waals surface area contributed by atoms with Crippen LogP contribution in [0.1, 0.15) is 50.1 Å². The molecular weight excluding hydrogens is 239 g/mol. The Morgan fingerprint density at radius 1 is 1.16 bits per heavy atom. The van der Waals surface area contributed by atoms with Crippen LogP contribution in [0.3, 0.4) is 0 Å². The number of hydrogen-bond acceptors (Lipinski definition) is 2. The van der Waals surface area contributed by atoms with Crippen molar-refractivity contribution in [3.63, 3.8) is 0 Å². The summed E-state index contributed by atoms with van der Waals surface area (Å²) in [5.74, 6) is 2.32. The minimum Gasteiger partial charge on any atom is -0.323 e. The van der Waals surface area contributed by atoms with E-state index in [9.17, 15) is 4.39 Å². The Morgan fingerprint density at radius 2 is 1.74 bits per heavy atom. The van der Waals surface area contributed by atoms with E-state index in [1.165, 1.54) is 44.7 Å². The van der Waals surface area contributed by atoms with E-state index in [1.807, 2.05) is 0 Å². The number of nitrogens with zero attached hydrogens (tertiary/aromatic N) is 1. The van der Waals surface area contributed by atoms with Crippen molar-refractivity contribution in [2.75, 3.05) is 0 Å². The third kappa shape index (κ3) is 1.74. The molecule has 102 valence electrons. The van der Waals surface area contributed by atoms with Crippen molar-refractivity contribution < 1.29 is 4.39 Å². The minimum absolute atomic E-state index is 0.149. The van der Waals surface area contributed by atoms with Crippen molar-refractivity contribution in [3.05, 3.63) is 29.8 Å². The van der Waals surface area contributed by atoms with E-state index in [0.29, 0.717) is 5.56 Å². The molecule has 4 fully saturated rings. The first-order chi connectivity index (χ1) is 9.16. The molecule has 4 aliphatic carbocycles. The Hall–Kier alpha value is -0.960. The van der Waals surface area contributed by atoms with Crippen molar-refractivity contribution in [3.8, 4) is 0 Å². The Kier molecular flexibility index (Phi) is 2.50. The lowest BCUT2D eigenvalue weighted by Gasteiger charge is -2.59. The average Bonchev–Trinajstić information content (AvgIpc) is 2.37. The molecule has 19 heavy (non-hydrogen) atoms. The molecule has 2 N–H and O–H groups in total. The van der Waals surface area contributed by atoms with Crippen molar-refractivity contribution >= 4 is 0 Å². The maximum Gasteiger partial charge on any atom is 0.146 e. The van der Waals surface area contributed by atoms with Gasteiger partial charge in [0.05, 0.1) is 6.20 Å². The van der Waals surface area contributed by atoms with Gasteiger partial charge in [0.2, 0.25) is 0 Å². The number of hydrogen-bond donors (Lipinski definition) is 1. The van der Waals surface area contributed by atoms with Gasteiger partial charge in [0.1, 0.15) is 5.82 Å². The smallest absolute Gasteiger partial charge is 0.146 e. The topological polar surface area (TPSA) is 38.9 Å². The molecule has 3 heteroatoms. The van der Waals surface area contributed by atoms with Crippen LogP contribution in [0, 0.1) is 29.0 Å². The molecule has 1 heterocycles. The lowest BCUT2D eigenvalue weighted by Crippen LogP contribution is -2.51. The van der Waals surface area contributed by atoms with Gasteiger partial charge >= 0.3 is 0 Å². The normalized spacial score (nSPS) is 41.5. The van der Waals surface area contributed by atoms with Crippen molar-refractivity contribution in [2.24, 2.45) is 28.9 Å². The highest BCUT2D eigenvalue weighted by Crippen LogP contribution is 2.63. The van der Waals surface area contributed by atoms with Gasteiger partial charge in [0.25, 0.3) is 0 Å². The van der Waals surface area contributed by atoms with Gasteiger partial charge in [-0.25, -0.2) is 4.39 Å². The highest BCUT2D eigenvalue weighted by Gasteiger charge is 2.53. The minimum atomic E-state index is -0.231. The molecular formula is C16H21FN2. The highest BCUT2D eigenvalue weighted by atomic mass is 19.1. The van der Waals surface area contributed by atoms with E-state index in [0.717, 1.165) is 17.8 Å². The monoisotopic (exact) mass is 260 g/mol. The lowest BCUT2D eigenvalue weighted by molar-refractivity contribution is -0.0683. The first-order valence-electron chi connectivity index (χ1n) is 7.51. The van der Waals surface area contributed by atoms with Crippen molar-refractivity contribution in [1.29, 1.82) is 0 Å². The fourth-order valence-corrected chi connectivity index (χ4v) is 5.53. The Balaban J connectivity index is 1.70. The first kappa shape index (κ1) is 11.8. The summed E-state index contributed by atoms with van der Waals surface area (Å²) in [5, 5.41) is 0. The zero-order valence-electron chi connectivity index (χ0n) is 11.2. The maximum atomic E-state index is 14.0. The molecule has 5 rings (SSSR count). The standard InChI is InChI=1S/C16H21FN2/c17-14-9-19-2-1-13(14)15(18)16-6-10-3-11(7-16)5-12(4-10)8-16/h1-2,9-12,15H,3-8,18H2. The maximum absolute atomic E-state index is 14.0. The molecule has 1 unspecified atom stereocenters. The van der Waals surface area contributed by atoms with Crippen LogP contribution in [-0.2, 0) is 0 Å². The predicted octanol–water partition coefficient (Wildman–Crippen LogP) is 3.44. The molecule has 4 bridgehead atoms. The van der Waals surface area contributed by atoms with Crippen LogP contribution in [0.5, 0.6) is 0 Å². The van der Waals surface area contributed by atoms with E-state index in [2.05, 4.69) is 4.98 Å². The number of pyridine rings is 1. The van der Waals surface area contributed by atoms with Crippen LogP contribution in [0.25, 0.3) is 0 Å². The molecule has 0 amide bonds. The molecule has 0 spiro atoms. The second-order valence-corrected chi connectivity index (χ2v) is 7.15. The summed E-state index contributed by atoms with van der Waals surface area (Å²) < 4.78 is 14.0. The molecule has 0 radical (unpaired) electrons. The van der Waals surface area contributed by atoms with Crippen LogP contribution in [0.15, 0.2) is 18.5 Å². The van der Waals surface area contributed by atoms with Crippen LogP contribution in [0.4, 0.5) is 4.39 Å². The molecule has 1 atom stereocenters. The number of aromatic nitrogens is 1. The SMILES string of the molecule is NC(c1ccncc1F)C12CC3CC(CC(C3)C1)C2. The molecule has 0 aromatic carbocycles. The first-order valence-corrected chi connectivity index (χ1v) is 7.51. The quantitative estimate of drug-likeness (QED) is 0.884. The van der Waals surface area contributed by atoms with E-state index in [-0.39, 0.29) is 17.3 Å². The highest BCUT2D eigenvalue weighted by molar-refractivity contribution is 5.22. The lowest BCUT2D eigenvalue weighted by atomic mass is 9.47. The zero-order chi connectivity index (χ0) is 13.0. The number of rotatable bonds is 2. The molecule has 2 nitrogen and oxygen atoms in total. The third-order valence-electron chi connectivity index (χ3n) is 5.88. The van der Waals surface area contributed by atoms with Gasteiger partial charge in [0.15, 0.2) is 0 Å². The van der Waals surface area contributed by atoms with Crippen LogP contribution in [-0.4, -0.2) is 4.98 Å². The Labute approximate surface area is 113 Å². The Bertz CT molecular complexity index is 464. The van der Waals surface area contributed by atoms with Gasteiger partial charge in [-0.05, 0) is 67.8 Å². The second kappa shape index (κ2) is 4.02. The predicted molar refractivity (Wildman–Crippen MR) is 71.7 cm³/mol. The Morgan fingerprint density at radius 3 is 2.26 bits per heavy atom. The van der Waals surface area contributed by atoms with E-state index in [4.69, 9.17) is 5.73 Å². The summed E-state index contributed by atoms with van der Waals surface area (Å²) in [5.41, 5.74) is 7.37. The molecule has 4 aliphatic rings. The molecule has 4 saturated carbocycles. The molecule has 0 aliphatic heterocycles. The van der Waals surface area contributed by atoms with Crippen molar-refractivity contribution in [2.45, 2.75) is 44.6 Å². The van der Waals surface area contributed by atoms with E-state index >= 15 is 0 Å².